The van der Waals surface area contributed by atoms with E-state index < -0.39 is 17.7 Å². The number of aliphatic carboxylic acids is 1. The monoisotopic (exact) mass is 538 g/mol. The van der Waals surface area contributed by atoms with Gasteiger partial charge < -0.3 is 5.11 Å². The van der Waals surface area contributed by atoms with E-state index in [-0.39, 0.29) is 23.2 Å². The Morgan fingerprint density at radius 1 is 1.23 bits per heavy atom. The van der Waals surface area contributed by atoms with Crippen LogP contribution in [-0.4, -0.2) is 42.9 Å². The SMILES string of the molecule is O=C(O)C1=CCCN1C(=O)c1cc(C2CC2)c(OCC23CC4CC2CC(C3)[I-]4)cc1F. The Morgan fingerprint density at radius 2 is 1.97 bits per heavy atom. The standard InChI is InChI=1S/C24H26FINO4/c25-19-9-21(31-12-24-10-15-6-14(24)7-16(11-24)26-15)17(13-3-4-13)8-18(19)22(28)27-5-1-2-20(27)23(29)30/h2,8-9,13-16H,1,3-7,10-12H2,(H,29,30)/q-1. The number of alkyl halides is 2. The molecule has 3 heterocycles. The van der Waals surface area contributed by atoms with Crippen molar-refractivity contribution in [2.24, 2.45) is 11.3 Å². The number of carbonyl (C=O) groups is 2. The van der Waals surface area contributed by atoms with Crippen LogP contribution in [0.25, 0.3) is 0 Å². The van der Waals surface area contributed by atoms with Gasteiger partial charge >= 0.3 is 169 Å². The Kier molecular flexibility index (Phi) is 4.64. The molecule has 166 valence electrons. The first-order valence-corrected chi connectivity index (χ1v) is 13.8. The van der Waals surface area contributed by atoms with Gasteiger partial charge in [0.25, 0.3) is 0 Å². The molecule has 5 nitrogen and oxygen atoms in total. The summed E-state index contributed by atoms with van der Waals surface area (Å²) >= 11 is 0.353. The second kappa shape index (κ2) is 7.18. The van der Waals surface area contributed by atoms with E-state index in [4.69, 9.17) is 4.74 Å². The molecule has 3 aliphatic carbocycles. The first-order valence-electron chi connectivity index (χ1n) is 11.3. The molecule has 1 aromatic rings. The minimum absolute atomic E-state index is 0.0490. The van der Waals surface area contributed by atoms with Crippen LogP contribution in [0.2, 0.25) is 0 Å². The number of amides is 1. The van der Waals surface area contributed by atoms with Gasteiger partial charge in [0.05, 0.1) is 0 Å². The zero-order valence-corrected chi connectivity index (χ0v) is 19.4. The summed E-state index contributed by atoms with van der Waals surface area (Å²) in [5.41, 5.74) is 1.08. The van der Waals surface area contributed by atoms with E-state index in [1.165, 1.54) is 42.7 Å². The molecule has 2 saturated heterocycles. The zero-order valence-electron chi connectivity index (χ0n) is 17.3. The minimum atomic E-state index is -1.16. The molecule has 1 N–H and O–H groups in total. The molecule has 1 aromatic carbocycles. The molecule has 0 aromatic heterocycles. The summed E-state index contributed by atoms with van der Waals surface area (Å²) in [6, 6.07) is 3.01. The van der Waals surface area contributed by atoms with Crippen molar-refractivity contribution in [2.45, 2.75) is 58.7 Å². The summed E-state index contributed by atoms with van der Waals surface area (Å²) in [4.78, 5) is 25.6. The average Bonchev–Trinajstić information content (AvgIpc) is 3.32. The second-order valence-corrected chi connectivity index (χ2v) is 14.1. The van der Waals surface area contributed by atoms with Crippen molar-refractivity contribution < 1.29 is 45.0 Å². The molecule has 3 saturated carbocycles. The van der Waals surface area contributed by atoms with Crippen molar-refractivity contribution in [2.75, 3.05) is 13.2 Å². The number of benzene rings is 1. The fourth-order valence-corrected chi connectivity index (χ4v) is 11.8. The molecule has 7 rings (SSSR count). The van der Waals surface area contributed by atoms with Gasteiger partial charge in [0, 0.05) is 0 Å². The molecular formula is C24H26FINO4-. The molecule has 1 amide bonds. The number of halogens is 2. The first-order chi connectivity index (χ1) is 14.9. The summed E-state index contributed by atoms with van der Waals surface area (Å²) < 4.78 is 23.3. The summed E-state index contributed by atoms with van der Waals surface area (Å²) in [5.74, 6) is -0.691. The third-order valence-corrected chi connectivity index (χ3v) is 11.8. The van der Waals surface area contributed by atoms with E-state index in [0.717, 1.165) is 32.2 Å². The molecule has 0 radical (unpaired) electrons. The van der Waals surface area contributed by atoms with Gasteiger partial charge in [-0.15, -0.1) is 0 Å². The predicted octanol–water partition coefficient (Wildman–Crippen LogP) is 0.926. The Labute approximate surface area is 191 Å². The van der Waals surface area contributed by atoms with Crippen molar-refractivity contribution in [1.29, 1.82) is 0 Å². The van der Waals surface area contributed by atoms with Gasteiger partial charge in [-0.3, -0.25) is 0 Å². The van der Waals surface area contributed by atoms with Gasteiger partial charge in [-0.05, 0) is 6.42 Å². The van der Waals surface area contributed by atoms with Gasteiger partial charge in [0.2, 0.25) is 0 Å². The topological polar surface area (TPSA) is 66.8 Å². The molecule has 31 heavy (non-hydrogen) atoms. The van der Waals surface area contributed by atoms with Crippen LogP contribution < -0.4 is 25.9 Å². The number of rotatable bonds is 6. The summed E-state index contributed by atoms with van der Waals surface area (Å²) in [7, 11) is 0. The van der Waals surface area contributed by atoms with Gasteiger partial charge in [0.1, 0.15) is 0 Å². The number of ether oxygens (including phenoxy) is 1. The van der Waals surface area contributed by atoms with Gasteiger partial charge in [-0.1, -0.05) is 6.08 Å². The van der Waals surface area contributed by atoms with Crippen LogP contribution in [0.3, 0.4) is 0 Å². The van der Waals surface area contributed by atoms with Crippen molar-refractivity contribution in [3.63, 3.8) is 0 Å². The second-order valence-electron chi connectivity index (χ2n) is 9.83. The Morgan fingerprint density at radius 3 is 2.65 bits per heavy atom. The van der Waals surface area contributed by atoms with E-state index >= 15 is 4.39 Å². The number of carbonyl (C=O) groups excluding carboxylic acids is 1. The van der Waals surface area contributed by atoms with Crippen LogP contribution in [0.5, 0.6) is 5.75 Å². The number of hydrogen-bond acceptors (Lipinski definition) is 3. The molecule has 2 atom stereocenters. The summed E-state index contributed by atoms with van der Waals surface area (Å²) in [6.45, 7) is 0.935. The molecule has 2 unspecified atom stereocenters. The van der Waals surface area contributed by atoms with Crippen molar-refractivity contribution >= 4 is 11.9 Å². The maximum absolute atomic E-state index is 15.1. The molecule has 0 spiro atoms. The first kappa shape index (κ1) is 20.0. The van der Waals surface area contributed by atoms with Gasteiger partial charge in [0.15, 0.2) is 0 Å². The van der Waals surface area contributed by atoms with Crippen molar-refractivity contribution in [3.05, 3.63) is 40.8 Å². The fourth-order valence-electron chi connectivity index (χ4n) is 6.27. The third-order valence-electron chi connectivity index (χ3n) is 7.87. The third kappa shape index (κ3) is 3.29. The van der Waals surface area contributed by atoms with Gasteiger partial charge in [-0.2, -0.15) is 0 Å². The quantitative estimate of drug-likeness (QED) is 0.433. The van der Waals surface area contributed by atoms with Crippen LogP contribution in [-0.2, 0) is 4.79 Å². The number of carboxylic acids is 1. The number of nitrogens with zero attached hydrogens (tertiary/aromatic N) is 1. The van der Waals surface area contributed by atoms with E-state index in [1.54, 1.807) is 6.07 Å². The van der Waals surface area contributed by atoms with Crippen molar-refractivity contribution in [3.8, 4) is 5.75 Å². The Balaban J connectivity index is 1.26. The molecule has 5 fully saturated rings. The van der Waals surface area contributed by atoms with Crippen LogP contribution in [0.4, 0.5) is 4.39 Å². The molecule has 4 bridgehead atoms. The molecule has 6 aliphatic rings. The van der Waals surface area contributed by atoms with Gasteiger partial charge in [-0.25, -0.2) is 4.79 Å². The zero-order chi connectivity index (χ0) is 21.3. The van der Waals surface area contributed by atoms with E-state index in [0.29, 0.717) is 45.9 Å². The average molecular weight is 538 g/mol. The van der Waals surface area contributed by atoms with Crippen LogP contribution in [0.15, 0.2) is 23.9 Å². The Hall–Kier alpha value is -1.64. The summed E-state index contributed by atoms with van der Waals surface area (Å²) in [5, 5.41) is 9.34. The van der Waals surface area contributed by atoms with E-state index in [2.05, 4.69) is 0 Å². The number of carboxylic acid groups (broad SMARTS) is 1. The van der Waals surface area contributed by atoms with Crippen LogP contribution in [0, 0.1) is 17.2 Å². The van der Waals surface area contributed by atoms with Crippen LogP contribution >= 0.6 is 0 Å². The molecule has 3 aliphatic heterocycles. The predicted molar refractivity (Wildman–Crippen MR) is 107 cm³/mol. The van der Waals surface area contributed by atoms with E-state index in [1.807, 2.05) is 0 Å². The van der Waals surface area contributed by atoms with Crippen molar-refractivity contribution in [1.82, 2.24) is 4.90 Å². The maximum atomic E-state index is 15.1. The molecule has 7 heteroatoms. The Bertz CT molecular complexity index is 990. The normalized spacial score (nSPS) is 33.4. The molecular weight excluding hydrogens is 512 g/mol. The fraction of sp³-hybridized carbons (Fsp3) is 0.583. The van der Waals surface area contributed by atoms with Crippen LogP contribution in [0.1, 0.15) is 66.8 Å². The van der Waals surface area contributed by atoms with E-state index in [9.17, 15) is 14.7 Å². The number of hydrogen-bond donors (Lipinski definition) is 1. The summed E-state index contributed by atoms with van der Waals surface area (Å²) in [6.07, 6.45) is 9.35.